The van der Waals surface area contributed by atoms with Gasteiger partial charge in [-0.05, 0) is 18.9 Å². The molecule has 80 valence electrons. The Morgan fingerprint density at radius 3 is 2.07 bits per heavy atom. The summed E-state index contributed by atoms with van der Waals surface area (Å²) in [6, 6.07) is 0. The molecule has 0 radical (unpaired) electrons. The molecule has 0 aromatic heterocycles. The highest BCUT2D eigenvalue weighted by Gasteiger charge is 1.89. The maximum Gasteiger partial charge on any atom is -0.0162 e. The fourth-order valence-electron chi connectivity index (χ4n) is 1.55. The van der Waals surface area contributed by atoms with Crippen LogP contribution in [0.3, 0.4) is 0 Å². The Morgan fingerprint density at radius 2 is 1.50 bits per heavy atom. The van der Waals surface area contributed by atoms with Crippen LogP contribution in [-0.4, -0.2) is 0 Å². The average Bonchev–Trinajstić information content (AvgIpc) is 2.21. The number of allylic oxidation sites excluding steroid dienone is 2. The summed E-state index contributed by atoms with van der Waals surface area (Å²) in [6.07, 6.45) is 21.2. The fourth-order valence-corrected chi connectivity index (χ4v) is 1.55. The first-order chi connectivity index (χ1) is 6.91. The fraction of sp³-hybridized carbons (Fsp3) is 0.714. The molecule has 0 nitrogen and oxygen atoms in total. The van der Waals surface area contributed by atoms with Gasteiger partial charge in [0.25, 0.3) is 0 Å². The third kappa shape index (κ3) is 11.3. The van der Waals surface area contributed by atoms with Crippen LogP contribution in [0.1, 0.15) is 64.7 Å². The maximum atomic E-state index is 5.10. The lowest BCUT2D eigenvalue weighted by molar-refractivity contribution is 0.577. The predicted molar refractivity (Wildman–Crippen MR) is 65.2 cm³/mol. The molecule has 14 heavy (non-hydrogen) atoms. The van der Waals surface area contributed by atoms with Gasteiger partial charge in [0.05, 0.1) is 0 Å². The van der Waals surface area contributed by atoms with Crippen molar-refractivity contribution in [3.05, 3.63) is 12.2 Å². The number of terminal acetylenes is 1. The molecule has 0 N–H and O–H groups in total. The molecule has 0 saturated heterocycles. The van der Waals surface area contributed by atoms with Crippen LogP contribution in [-0.2, 0) is 0 Å². The minimum Gasteiger partial charge on any atom is -0.115 e. The summed E-state index contributed by atoms with van der Waals surface area (Å²) < 4.78 is 0. The van der Waals surface area contributed by atoms with Gasteiger partial charge in [-0.15, -0.1) is 6.42 Å². The van der Waals surface area contributed by atoms with Gasteiger partial charge in [0.15, 0.2) is 0 Å². The molecule has 0 heteroatoms. The van der Waals surface area contributed by atoms with Crippen LogP contribution >= 0.6 is 0 Å². The number of rotatable bonds is 9. The van der Waals surface area contributed by atoms with Crippen molar-refractivity contribution in [2.75, 3.05) is 0 Å². The normalized spacial score (nSPS) is 10.6. The van der Waals surface area contributed by atoms with Crippen LogP contribution < -0.4 is 0 Å². The maximum absolute atomic E-state index is 5.10. The molecule has 0 aliphatic rings. The topological polar surface area (TPSA) is 0 Å². The molecule has 0 fully saturated rings. The Bertz CT molecular complexity index is 159. The van der Waals surface area contributed by atoms with Crippen molar-refractivity contribution in [1.82, 2.24) is 0 Å². The zero-order valence-corrected chi connectivity index (χ0v) is 9.60. The van der Waals surface area contributed by atoms with Crippen molar-refractivity contribution in [3.8, 4) is 12.3 Å². The van der Waals surface area contributed by atoms with Gasteiger partial charge in [-0.3, -0.25) is 0 Å². The highest BCUT2D eigenvalue weighted by atomic mass is 14.0. The van der Waals surface area contributed by atoms with Gasteiger partial charge in [-0.2, -0.15) is 0 Å². The minimum atomic E-state index is 1.15. The Hall–Kier alpha value is -0.700. The molecule has 0 aromatic rings. The van der Waals surface area contributed by atoms with E-state index in [-0.39, 0.29) is 0 Å². The van der Waals surface area contributed by atoms with Gasteiger partial charge in [-0.1, -0.05) is 63.9 Å². The van der Waals surface area contributed by atoms with E-state index < -0.39 is 0 Å². The van der Waals surface area contributed by atoms with Crippen LogP contribution in [0.4, 0.5) is 0 Å². The Labute approximate surface area is 89.8 Å². The average molecular weight is 192 g/mol. The van der Waals surface area contributed by atoms with Gasteiger partial charge in [0.1, 0.15) is 0 Å². The monoisotopic (exact) mass is 192 g/mol. The molecule has 0 aromatic carbocycles. The van der Waals surface area contributed by atoms with Gasteiger partial charge < -0.3 is 0 Å². The van der Waals surface area contributed by atoms with E-state index >= 15 is 0 Å². The van der Waals surface area contributed by atoms with E-state index in [0.717, 1.165) is 6.42 Å². The Kier molecular flexibility index (Phi) is 11.7. The Morgan fingerprint density at radius 1 is 0.929 bits per heavy atom. The minimum absolute atomic E-state index is 1.15. The smallest absolute Gasteiger partial charge is 0.0162 e. The standard InChI is InChI=1S/C14H24/c1-3-5-7-9-11-13-14-12-10-8-6-4-2/h1,5,7H,4,6,8-14H2,2H3/b7-5+. The van der Waals surface area contributed by atoms with Gasteiger partial charge in [0.2, 0.25) is 0 Å². The molecule has 0 aliphatic heterocycles. The number of hydrogen-bond donors (Lipinski definition) is 0. The lowest BCUT2D eigenvalue weighted by Crippen LogP contribution is -1.79. The SMILES string of the molecule is C#C/C=C/CCCCCCCCCC. The summed E-state index contributed by atoms with van der Waals surface area (Å²) in [5.74, 6) is 2.51. The zero-order chi connectivity index (χ0) is 10.5. The van der Waals surface area contributed by atoms with Crippen LogP contribution in [0, 0.1) is 12.3 Å². The lowest BCUT2D eigenvalue weighted by atomic mass is 10.1. The van der Waals surface area contributed by atoms with Crippen molar-refractivity contribution in [2.24, 2.45) is 0 Å². The molecule has 0 amide bonds. The van der Waals surface area contributed by atoms with E-state index in [1.165, 1.54) is 51.4 Å². The largest absolute Gasteiger partial charge is 0.115 e. The first kappa shape index (κ1) is 13.3. The highest BCUT2D eigenvalue weighted by Crippen LogP contribution is 2.09. The van der Waals surface area contributed by atoms with Crippen molar-refractivity contribution in [3.63, 3.8) is 0 Å². The molecule has 0 saturated carbocycles. The van der Waals surface area contributed by atoms with E-state index in [1.54, 1.807) is 6.08 Å². The molecule has 0 aliphatic carbocycles. The summed E-state index contributed by atoms with van der Waals surface area (Å²) in [4.78, 5) is 0. The van der Waals surface area contributed by atoms with Gasteiger partial charge in [0, 0.05) is 0 Å². The Balaban J connectivity index is 2.93. The van der Waals surface area contributed by atoms with Crippen molar-refractivity contribution < 1.29 is 0 Å². The van der Waals surface area contributed by atoms with Crippen molar-refractivity contribution in [1.29, 1.82) is 0 Å². The van der Waals surface area contributed by atoms with Crippen LogP contribution in [0.15, 0.2) is 12.2 Å². The number of hydrogen-bond acceptors (Lipinski definition) is 0. The van der Waals surface area contributed by atoms with E-state index in [1.807, 2.05) is 0 Å². The molecule has 0 rings (SSSR count). The quantitative estimate of drug-likeness (QED) is 0.367. The summed E-state index contributed by atoms with van der Waals surface area (Å²) in [5, 5.41) is 0. The third-order valence-electron chi connectivity index (χ3n) is 2.44. The van der Waals surface area contributed by atoms with Crippen molar-refractivity contribution >= 4 is 0 Å². The highest BCUT2D eigenvalue weighted by molar-refractivity contribution is 5.08. The molecule has 0 bridgehead atoms. The first-order valence-corrected chi connectivity index (χ1v) is 6.03. The molecule has 0 atom stereocenters. The van der Waals surface area contributed by atoms with E-state index in [2.05, 4.69) is 18.9 Å². The molecular weight excluding hydrogens is 168 g/mol. The first-order valence-electron chi connectivity index (χ1n) is 6.03. The van der Waals surface area contributed by atoms with Crippen LogP contribution in [0.5, 0.6) is 0 Å². The summed E-state index contributed by atoms with van der Waals surface area (Å²) in [5.41, 5.74) is 0. The van der Waals surface area contributed by atoms with E-state index in [0.29, 0.717) is 0 Å². The molecule has 0 heterocycles. The number of unbranched alkanes of at least 4 members (excludes halogenated alkanes) is 8. The second-order valence-electron chi connectivity index (χ2n) is 3.83. The van der Waals surface area contributed by atoms with Crippen molar-refractivity contribution in [2.45, 2.75) is 64.7 Å². The molecule has 0 spiro atoms. The zero-order valence-electron chi connectivity index (χ0n) is 9.60. The second kappa shape index (κ2) is 12.3. The predicted octanol–water partition coefficient (Wildman–Crippen LogP) is 4.71. The lowest BCUT2D eigenvalue weighted by Gasteiger charge is -1.99. The summed E-state index contributed by atoms with van der Waals surface area (Å²) in [6.45, 7) is 2.26. The third-order valence-corrected chi connectivity index (χ3v) is 2.44. The van der Waals surface area contributed by atoms with Crippen LogP contribution in [0.2, 0.25) is 0 Å². The van der Waals surface area contributed by atoms with Gasteiger partial charge in [-0.25, -0.2) is 0 Å². The molecular formula is C14H24. The van der Waals surface area contributed by atoms with E-state index in [9.17, 15) is 0 Å². The van der Waals surface area contributed by atoms with Gasteiger partial charge >= 0.3 is 0 Å². The molecule has 0 unspecified atom stereocenters. The summed E-state index contributed by atoms with van der Waals surface area (Å²) in [7, 11) is 0. The van der Waals surface area contributed by atoms with Crippen LogP contribution in [0.25, 0.3) is 0 Å². The summed E-state index contributed by atoms with van der Waals surface area (Å²) >= 11 is 0. The van der Waals surface area contributed by atoms with E-state index in [4.69, 9.17) is 6.42 Å². The second-order valence-corrected chi connectivity index (χ2v) is 3.83.